The second kappa shape index (κ2) is 12.6. The number of nitriles is 1. The van der Waals surface area contributed by atoms with Crippen LogP contribution in [-0.2, 0) is 6.42 Å². The number of benzene rings is 2. The van der Waals surface area contributed by atoms with Crippen LogP contribution in [0.3, 0.4) is 0 Å². The van der Waals surface area contributed by atoms with Crippen molar-refractivity contribution in [1.29, 1.82) is 5.26 Å². The quantitative estimate of drug-likeness (QED) is 0.515. The normalized spacial score (nSPS) is 20.1. The summed E-state index contributed by atoms with van der Waals surface area (Å²) >= 11 is 0. The number of carbonyl (C=O) groups excluding carboxylic acids is 1. The first kappa shape index (κ1) is 27.2. The van der Waals surface area contributed by atoms with E-state index in [9.17, 15) is 9.90 Å². The third kappa shape index (κ3) is 7.36. The minimum absolute atomic E-state index is 0.0741. The van der Waals surface area contributed by atoms with Crippen molar-refractivity contribution in [3.05, 3.63) is 64.7 Å². The molecule has 2 aromatic rings. The molecule has 5 nitrogen and oxygen atoms in total. The van der Waals surface area contributed by atoms with E-state index in [0.717, 1.165) is 43.0 Å². The van der Waals surface area contributed by atoms with Gasteiger partial charge in [-0.15, -0.1) is 0 Å². The van der Waals surface area contributed by atoms with Crippen molar-refractivity contribution < 1.29 is 9.90 Å². The first-order valence-electron chi connectivity index (χ1n) is 14.2. The van der Waals surface area contributed by atoms with Crippen LogP contribution in [0.1, 0.15) is 97.7 Å². The first-order chi connectivity index (χ1) is 17.9. The topological polar surface area (TPSA) is 90.3 Å². The Balaban J connectivity index is 0.000000180. The van der Waals surface area contributed by atoms with E-state index in [2.05, 4.69) is 23.1 Å². The van der Waals surface area contributed by atoms with Crippen molar-refractivity contribution in [3.8, 4) is 6.07 Å². The van der Waals surface area contributed by atoms with E-state index in [1.165, 1.54) is 75.5 Å². The molecule has 2 aliphatic carbocycles. The Morgan fingerprint density at radius 1 is 1.00 bits per heavy atom. The highest BCUT2D eigenvalue weighted by Gasteiger charge is 2.37. The zero-order chi connectivity index (χ0) is 26.3. The van der Waals surface area contributed by atoms with Gasteiger partial charge in [0.2, 0.25) is 5.91 Å². The standard InChI is InChI=1S/C17H24N2O2.C15H19N/c18-16(21)13-1-3-14(4-2-13)19-11-9-17(10-12-19)7-5-15(20)6-8-17;1-12-9-14(7-8-15(12)11-16)10-13-5-3-2-4-6-13/h1-4,15,20H,5-12H2,(H2,18,21);7-9,13H,2-6,10H2,1H3. The number of aliphatic hydroxyl groups is 1. The Labute approximate surface area is 222 Å². The number of hydrogen-bond donors (Lipinski definition) is 2. The summed E-state index contributed by atoms with van der Waals surface area (Å²) in [5.74, 6) is 0.501. The van der Waals surface area contributed by atoms with Crippen LogP contribution < -0.4 is 10.6 Å². The van der Waals surface area contributed by atoms with Gasteiger partial charge in [-0.25, -0.2) is 0 Å². The molecule has 0 unspecified atom stereocenters. The molecule has 3 aliphatic rings. The van der Waals surface area contributed by atoms with E-state index in [-0.39, 0.29) is 12.0 Å². The molecule has 1 amide bonds. The number of nitrogens with two attached hydrogens (primary N) is 1. The fraction of sp³-hybridized carbons (Fsp3) is 0.562. The predicted molar refractivity (Wildman–Crippen MR) is 149 cm³/mol. The highest BCUT2D eigenvalue weighted by Crippen LogP contribution is 2.45. The number of anilines is 1. The van der Waals surface area contributed by atoms with Crippen molar-refractivity contribution in [3.63, 3.8) is 0 Å². The lowest BCUT2D eigenvalue weighted by molar-refractivity contribution is 0.0478. The summed E-state index contributed by atoms with van der Waals surface area (Å²) in [6.45, 7) is 4.15. The third-order valence-electron chi connectivity index (χ3n) is 9.02. The van der Waals surface area contributed by atoms with Gasteiger partial charge in [0.25, 0.3) is 0 Å². The van der Waals surface area contributed by atoms with Crippen LogP contribution in [0.5, 0.6) is 0 Å². The highest BCUT2D eigenvalue weighted by molar-refractivity contribution is 5.93. The van der Waals surface area contributed by atoms with Gasteiger partial charge in [0.1, 0.15) is 0 Å². The summed E-state index contributed by atoms with van der Waals surface area (Å²) in [6, 6.07) is 16.1. The number of primary amides is 1. The molecule has 2 saturated carbocycles. The molecule has 37 heavy (non-hydrogen) atoms. The van der Waals surface area contributed by atoms with Crippen LogP contribution in [0.15, 0.2) is 42.5 Å². The predicted octanol–water partition coefficient (Wildman–Crippen LogP) is 6.30. The molecule has 1 aliphatic heterocycles. The smallest absolute Gasteiger partial charge is 0.248 e. The molecule has 3 N–H and O–H groups in total. The van der Waals surface area contributed by atoms with Gasteiger partial charge in [-0.1, -0.05) is 44.2 Å². The van der Waals surface area contributed by atoms with Gasteiger partial charge in [-0.3, -0.25) is 4.79 Å². The molecule has 0 atom stereocenters. The molecular formula is C32H43N3O2. The molecule has 2 aromatic carbocycles. The summed E-state index contributed by atoms with van der Waals surface area (Å²) in [5.41, 5.74) is 10.8. The lowest BCUT2D eigenvalue weighted by atomic mass is 9.67. The van der Waals surface area contributed by atoms with E-state index in [1.807, 2.05) is 25.1 Å². The van der Waals surface area contributed by atoms with Crippen molar-refractivity contribution in [2.75, 3.05) is 18.0 Å². The zero-order valence-corrected chi connectivity index (χ0v) is 22.4. The summed E-state index contributed by atoms with van der Waals surface area (Å²) in [7, 11) is 0. The van der Waals surface area contributed by atoms with Crippen LogP contribution in [0.2, 0.25) is 0 Å². The van der Waals surface area contributed by atoms with Gasteiger partial charge in [0.05, 0.1) is 17.7 Å². The second-order valence-corrected chi connectivity index (χ2v) is 11.6. The van der Waals surface area contributed by atoms with Crippen LogP contribution in [0.4, 0.5) is 5.69 Å². The molecule has 0 radical (unpaired) electrons. The van der Waals surface area contributed by atoms with E-state index >= 15 is 0 Å². The van der Waals surface area contributed by atoms with Crippen LogP contribution in [0.25, 0.3) is 0 Å². The van der Waals surface area contributed by atoms with Crippen LogP contribution in [-0.4, -0.2) is 30.2 Å². The molecule has 1 saturated heterocycles. The summed E-state index contributed by atoms with van der Waals surface area (Å²) < 4.78 is 0. The lowest BCUT2D eigenvalue weighted by Gasteiger charge is -2.46. The monoisotopic (exact) mass is 501 g/mol. The maximum atomic E-state index is 11.1. The number of carbonyl (C=O) groups is 1. The average Bonchev–Trinajstić information content (AvgIpc) is 2.92. The maximum absolute atomic E-state index is 11.1. The van der Waals surface area contributed by atoms with E-state index in [4.69, 9.17) is 11.0 Å². The first-order valence-corrected chi connectivity index (χ1v) is 14.2. The fourth-order valence-corrected chi connectivity index (χ4v) is 6.49. The highest BCUT2D eigenvalue weighted by atomic mass is 16.3. The molecule has 1 heterocycles. The number of piperidine rings is 1. The Bertz CT molecular complexity index is 1060. The van der Waals surface area contributed by atoms with Crippen molar-refractivity contribution in [1.82, 2.24) is 0 Å². The van der Waals surface area contributed by atoms with Gasteiger partial charge in [-0.05, 0) is 105 Å². The van der Waals surface area contributed by atoms with Crippen LogP contribution >= 0.6 is 0 Å². The van der Waals surface area contributed by atoms with Gasteiger partial charge in [0.15, 0.2) is 0 Å². The minimum Gasteiger partial charge on any atom is -0.393 e. The van der Waals surface area contributed by atoms with Gasteiger partial charge < -0.3 is 15.7 Å². The van der Waals surface area contributed by atoms with Crippen molar-refractivity contribution in [2.45, 2.75) is 90.1 Å². The average molecular weight is 502 g/mol. The zero-order valence-electron chi connectivity index (χ0n) is 22.4. The number of hydrogen-bond acceptors (Lipinski definition) is 4. The van der Waals surface area contributed by atoms with Gasteiger partial charge in [0, 0.05) is 24.3 Å². The maximum Gasteiger partial charge on any atom is 0.248 e. The second-order valence-electron chi connectivity index (χ2n) is 11.6. The Morgan fingerprint density at radius 2 is 1.65 bits per heavy atom. The van der Waals surface area contributed by atoms with Gasteiger partial charge >= 0.3 is 0 Å². The molecule has 1 spiro atoms. The number of aliphatic hydroxyl groups excluding tert-OH is 1. The number of rotatable bonds is 4. The Hall–Kier alpha value is -2.84. The summed E-state index contributed by atoms with van der Waals surface area (Å²) in [6.07, 6.45) is 14.8. The summed E-state index contributed by atoms with van der Waals surface area (Å²) in [5, 5.41) is 18.6. The molecule has 3 fully saturated rings. The van der Waals surface area contributed by atoms with Crippen molar-refractivity contribution >= 4 is 11.6 Å². The Morgan fingerprint density at radius 3 is 2.22 bits per heavy atom. The van der Waals surface area contributed by atoms with E-state index in [1.54, 1.807) is 12.1 Å². The third-order valence-corrected chi connectivity index (χ3v) is 9.02. The molecular weight excluding hydrogens is 458 g/mol. The molecule has 5 heteroatoms. The number of amides is 1. The largest absolute Gasteiger partial charge is 0.393 e. The number of aryl methyl sites for hydroxylation is 1. The minimum atomic E-state index is -0.375. The number of nitrogens with zero attached hydrogens (tertiary/aromatic N) is 2. The van der Waals surface area contributed by atoms with Gasteiger partial charge in [-0.2, -0.15) is 5.26 Å². The van der Waals surface area contributed by atoms with Crippen LogP contribution in [0, 0.1) is 29.6 Å². The van der Waals surface area contributed by atoms with Crippen molar-refractivity contribution in [2.24, 2.45) is 17.1 Å². The molecule has 0 aromatic heterocycles. The Kier molecular flexibility index (Phi) is 9.27. The fourth-order valence-electron chi connectivity index (χ4n) is 6.49. The lowest BCUT2D eigenvalue weighted by Crippen LogP contribution is -2.42. The van der Waals surface area contributed by atoms with E-state index in [0.29, 0.717) is 11.0 Å². The molecule has 0 bridgehead atoms. The SMILES string of the molecule is Cc1cc(CC2CCCCC2)ccc1C#N.NC(=O)c1ccc(N2CCC3(CCC(O)CC3)CC2)cc1. The molecule has 198 valence electrons. The summed E-state index contributed by atoms with van der Waals surface area (Å²) in [4.78, 5) is 13.5. The van der Waals surface area contributed by atoms with E-state index < -0.39 is 0 Å². The molecule has 5 rings (SSSR count).